The Labute approximate surface area is 187 Å². The van der Waals surface area contributed by atoms with Gasteiger partial charge < -0.3 is 10.6 Å². The number of nitrogens with zero attached hydrogens (tertiary/aromatic N) is 2. The van der Waals surface area contributed by atoms with E-state index >= 15 is 0 Å². The Balaban J connectivity index is 1.59. The number of aromatic nitrogens is 2. The third kappa shape index (κ3) is 6.36. The largest absolute Gasteiger partial charge is 0.416 e. The minimum Gasteiger partial charge on any atom is -0.325 e. The number of aryl methyl sites for hydroxylation is 2. The summed E-state index contributed by atoms with van der Waals surface area (Å²) in [6.45, 7) is 3.59. The average Bonchev–Trinajstić information content (AvgIpc) is 3.07. The molecule has 0 bridgehead atoms. The fourth-order valence-electron chi connectivity index (χ4n) is 2.93. The predicted octanol–water partition coefficient (Wildman–Crippen LogP) is 4.82. The highest BCUT2D eigenvalue weighted by atomic mass is 32.2. The fourth-order valence-corrected chi connectivity index (χ4v) is 3.55. The zero-order valence-corrected chi connectivity index (χ0v) is 18.2. The monoisotopic (exact) mass is 462 g/mol. The predicted molar refractivity (Wildman–Crippen MR) is 119 cm³/mol. The second kappa shape index (κ2) is 9.90. The van der Waals surface area contributed by atoms with Gasteiger partial charge in [-0.05, 0) is 49.7 Å². The van der Waals surface area contributed by atoms with E-state index < -0.39 is 17.6 Å². The summed E-state index contributed by atoms with van der Waals surface area (Å²) >= 11 is 1.12. The van der Waals surface area contributed by atoms with E-state index in [1.54, 1.807) is 19.1 Å². The Morgan fingerprint density at radius 1 is 0.969 bits per heavy atom. The molecule has 0 atom stereocenters. The Morgan fingerprint density at radius 3 is 2.34 bits per heavy atom. The minimum absolute atomic E-state index is 0.00590. The van der Waals surface area contributed by atoms with Gasteiger partial charge in [-0.15, -0.1) is 11.8 Å². The van der Waals surface area contributed by atoms with Crippen molar-refractivity contribution < 1.29 is 22.8 Å². The highest BCUT2D eigenvalue weighted by Crippen LogP contribution is 2.31. The van der Waals surface area contributed by atoms with Crippen molar-refractivity contribution in [2.45, 2.75) is 20.0 Å². The zero-order chi connectivity index (χ0) is 23.3. The third-order valence-electron chi connectivity index (χ3n) is 4.29. The maximum Gasteiger partial charge on any atom is 0.416 e. The number of nitrogens with one attached hydrogen (secondary N) is 2. The number of carbonyl (C=O) groups is 2. The summed E-state index contributed by atoms with van der Waals surface area (Å²) in [6.07, 6.45) is -4.49. The van der Waals surface area contributed by atoms with Crippen molar-refractivity contribution in [3.8, 4) is 5.69 Å². The second-order valence-electron chi connectivity index (χ2n) is 7.09. The van der Waals surface area contributed by atoms with Crippen molar-refractivity contribution >= 4 is 35.1 Å². The van der Waals surface area contributed by atoms with E-state index in [0.717, 1.165) is 29.5 Å². The van der Waals surface area contributed by atoms with Crippen molar-refractivity contribution in [3.63, 3.8) is 0 Å². The number of halogens is 3. The molecule has 0 fully saturated rings. The van der Waals surface area contributed by atoms with Gasteiger partial charge in [0.1, 0.15) is 5.82 Å². The zero-order valence-electron chi connectivity index (χ0n) is 17.4. The Hall–Kier alpha value is -3.27. The van der Waals surface area contributed by atoms with Gasteiger partial charge in [0, 0.05) is 11.8 Å². The lowest BCUT2D eigenvalue weighted by Gasteiger charge is -2.12. The Bertz CT molecular complexity index is 1130. The van der Waals surface area contributed by atoms with Crippen molar-refractivity contribution in [1.82, 2.24) is 9.78 Å². The van der Waals surface area contributed by atoms with Crippen LogP contribution >= 0.6 is 11.8 Å². The lowest BCUT2D eigenvalue weighted by atomic mass is 10.2. The number of anilines is 2. The molecule has 0 saturated carbocycles. The lowest BCUT2D eigenvalue weighted by Crippen LogP contribution is -2.20. The summed E-state index contributed by atoms with van der Waals surface area (Å²) in [5.74, 6) is -0.317. The van der Waals surface area contributed by atoms with E-state index in [2.05, 4.69) is 15.7 Å². The SMILES string of the molecule is Cc1cccc(NC(=O)CSCC(=O)Nc2cc(C)nn2-c2cccc(C(F)(F)F)c2)c1. The van der Waals surface area contributed by atoms with Gasteiger partial charge in [0.05, 0.1) is 28.5 Å². The van der Waals surface area contributed by atoms with Gasteiger partial charge in [-0.1, -0.05) is 18.2 Å². The van der Waals surface area contributed by atoms with Crippen LogP contribution in [0.2, 0.25) is 0 Å². The van der Waals surface area contributed by atoms with Gasteiger partial charge in [-0.25, -0.2) is 4.68 Å². The first-order chi connectivity index (χ1) is 15.1. The first-order valence-electron chi connectivity index (χ1n) is 9.60. The quantitative estimate of drug-likeness (QED) is 0.528. The summed E-state index contributed by atoms with van der Waals surface area (Å²) in [7, 11) is 0. The van der Waals surface area contributed by atoms with Crippen molar-refractivity contribution in [1.29, 1.82) is 0 Å². The molecule has 0 radical (unpaired) electrons. The summed E-state index contributed by atoms with van der Waals surface area (Å²) in [4.78, 5) is 24.4. The van der Waals surface area contributed by atoms with Crippen molar-refractivity contribution in [2.75, 3.05) is 22.1 Å². The van der Waals surface area contributed by atoms with Crippen molar-refractivity contribution in [2.24, 2.45) is 0 Å². The van der Waals surface area contributed by atoms with Crippen LogP contribution in [0.25, 0.3) is 5.69 Å². The standard InChI is InChI=1S/C22H21F3N4O2S/c1-14-5-3-7-17(9-14)26-20(30)12-32-13-21(31)27-19-10-15(2)28-29(19)18-8-4-6-16(11-18)22(23,24)25/h3-11H,12-13H2,1-2H3,(H,26,30)(H,27,31). The third-order valence-corrected chi connectivity index (χ3v) is 5.22. The minimum atomic E-state index is -4.49. The highest BCUT2D eigenvalue weighted by Gasteiger charge is 2.30. The molecule has 1 heterocycles. The van der Waals surface area contributed by atoms with Crippen LogP contribution in [0.4, 0.5) is 24.7 Å². The molecule has 0 aliphatic heterocycles. The number of rotatable bonds is 7. The maximum absolute atomic E-state index is 13.0. The van der Waals surface area contributed by atoms with E-state index in [1.165, 1.54) is 16.8 Å². The molecule has 1 aromatic heterocycles. The molecule has 168 valence electrons. The van der Waals surface area contributed by atoms with Gasteiger partial charge >= 0.3 is 6.18 Å². The molecule has 3 rings (SSSR count). The molecule has 0 unspecified atom stereocenters. The Morgan fingerprint density at radius 2 is 1.66 bits per heavy atom. The molecule has 10 heteroatoms. The van der Waals surface area contributed by atoms with E-state index in [4.69, 9.17) is 0 Å². The topological polar surface area (TPSA) is 76.0 Å². The van der Waals surface area contributed by atoms with Crippen LogP contribution in [0.5, 0.6) is 0 Å². The van der Waals surface area contributed by atoms with Gasteiger partial charge in [-0.3, -0.25) is 9.59 Å². The van der Waals surface area contributed by atoms with Crippen LogP contribution in [-0.4, -0.2) is 33.1 Å². The first-order valence-corrected chi connectivity index (χ1v) is 10.8. The Kier molecular flexibility index (Phi) is 7.24. The maximum atomic E-state index is 13.0. The number of hydrogen-bond donors (Lipinski definition) is 2. The number of thioether (sulfide) groups is 1. The summed E-state index contributed by atoms with van der Waals surface area (Å²) < 4.78 is 40.3. The number of benzene rings is 2. The number of hydrogen-bond acceptors (Lipinski definition) is 4. The van der Waals surface area contributed by atoms with E-state index in [9.17, 15) is 22.8 Å². The molecule has 0 spiro atoms. The first kappa shape index (κ1) is 23.4. The van der Waals surface area contributed by atoms with Crippen molar-refractivity contribution in [3.05, 3.63) is 71.4 Å². The molecule has 0 saturated heterocycles. The molecule has 3 aromatic rings. The molecular formula is C22H21F3N4O2S. The summed E-state index contributed by atoms with van der Waals surface area (Å²) in [6, 6.07) is 13.6. The van der Waals surface area contributed by atoms with Crippen LogP contribution in [0, 0.1) is 13.8 Å². The molecule has 2 N–H and O–H groups in total. The summed E-state index contributed by atoms with van der Waals surface area (Å²) in [5.41, 5.74) is 1.59. The van der Waals surface area contributed by atoms with Crippen LogP contribution in [0.3, 0.4) is 0 Å². The van der Waals surface area contributed by atoms with Gasteiger partial charge in [0.15, 0.2) is 0 Å². The van der Waals surface area contributed by atoms with Gasteiger partial charge in [0.2, 0.25) is 11.8 Å². The average molecular weight is 462 g/mol. The molecule has 32 heavy (non-hydrogen) atoms. The van der Waals surface area contributed by atoms with E-state index in [0.29, 0.717) is 11.4 Å². The molecule has 0 aliphatic carbocycles. The molecule has 6 nitrogen and oxygen atoms in total. The molecule has 2 amide bonds. The van der Waals surface area contributed by atoms with Gasteiger partial charge in [-0.2, -0.15) is 18.3 Å². The van der Waals surface area contributed by atoms with Crippen LogP contribution in [0.15, 0.2) is 54.6 Å². The fraction of sp³-hybridized carbons (Fsp3) is 0.227. The number of carbonyl (C=O) groups excluding carboxylic acids is 2. The van der Waals surface area contributed by atoms with Crippen LogP contribution in [0.1, 0.15) is 16.8 Å². The van der Waals surface area contributed by atoms with Crippen LogP contribution < -0.4 is 10.6 Å². The van der Waals surface area contributed by atoms with Crippen LogP contribution in [-0.2, 0) is 15.8 Å². The van der Waals surface area contributed by atoms with E-state index in [1.807, 2.05) is 25.1 Å². The highest BCUT2D eigenvalue weighted by molar-refractivity contribution is 8.00. The number of amides is 2. The lowest BCUT2D eigenvalue weighted by molar-refractivity contribution is -0.137. The van der Waals surface area contributed by atoms with E-state index in [-0.39, 0.29) is 28.9 Å². The van der Waals surface area contributed by atoms with Gasteiger partial charge in [0.25, 0.3) is 0 Å². The summed E-state index contributed by atoms with van der Waals surface area (Å²) in [5, 5.41) is 9.59. The molecule has 2 aromatic carbocycles. The molecular weight excluding hydrogens is 441 g/mol. The second-order valence-corrected chi connectivity index (χ2v) is 8.08. The normalized spacial score (nSPS) is 11.3. The number of alkyl halides is 3. The smallest absolute Gasteiger partial charge is 0.325 e. The molecule has 0 aliphatic rings.